The molecule has 1 aliphatic heterocycles. The Bertz CT molecular complexity index is 293. The molecule has 16 heavy (non-hydrogen) atoms. The normalized spacial score (nSPS) is 22.9. The lowest BCUT2D eigenvalue weighted by atomic mass is 9.87. The van der Waals surface area contributed by atoms with Crippen LogP contribution in [0.4, 0.5) is 0 Å². The maximum atomic E-state index is 5.37. The smallest absolute Gasteiger partial charge is 0.0545 e. The van der Waals surface area contributed by atoms with E-state index in [1.165, 1.54) is 24.8 Å². The number of hydrogen-bond donors (Lipinski definition) is 1. The fourth-order valence-corrected chi connectivity index (χ4v) is 2.55. The van der Waals surface area contributed by atoms with E-state index in [9.17, 15) is 0 Å². The van der Waals surface area contributed by atoms with E-state index in [-0.39, 0.29) is 0 Å². The topological polar surface area (TPSA) is 21.3 Å². The van der Waals surface area contributed by atoms with Crippen LogP contribution in [0, 0.1) is 0 Å². The van der Waals surface area contributed by atoms with Crippen LogP contribution in [0.15, 0.2) is 30.3 Å². The summed E-state index contributed by atoms with van der Waals surface area (Å²) in [5, 5.41) is 3.62. The molecule has 0 aliphatic carbocycles. The van der Waals surface area contributed by atoms with E-state index in [0.29, 0.717) is 12.0 Å². The lowest BCUT2D eigenvalue weighted by Gasteiger charge is -2.31. The van der Waals surface area contributed by atoms with Crippen LogP contribution in [0.25, 0.3) is 0 Å². The van der Waals surface area contributed by atoms with E-state index in [4.69, 9.17) is 4.74 Å². The van der Waals surface area contributed by atoms with E-state index in [2.05, 4.69) is 35.6 Å². The van der Waals surface area contributed by atoms with Gasteiger partial charge in [0.15, 0.2) is 0 Å². The largest absolute Gasteiger partial charge is 0.384 e. The molecule has 1 fully saturated rings. The SMILES string of the molecule is COC[C@H](c1ccccc1)[C@H]1CCCCN1. The Kier molecular flexibility index (Phi) is 4.37. The van der Waals surface area contributed by atoms with E-state index in [0.717, 1.165) is 13.2 Å². The number of hydrogen-bond acceptors (Lipinski definition) is 2. The maximum absolute atomic E-state index is 5.37. The summed E-state index contributed by atoms with van der Waals surface area (Å²) in [4.78, 5) is 0. The van der Waals surface area contributed by atoms with Crippen molar-refractivity contribution < 1.29 is 4.74 Å². The molecule has 1 heterocycles. The van der Waals surface area contributed by atoms with Gasteiger partial charge in [-0.05, 0) is 24.9 Å². The standard InChI is InChI=1S/C14H21NO/c1-16-11-13(12-7-3-2-4-8-12)14-9-5-6-10-15-14/h2-4,7-8,13-15H,5-6,9-11H2,1H3/t13-,14-/m1/s1. The summed E-state index contributed by atoms with van der Waals surface area (Å²) < 4.78 is 5.37. The van der Waals surface area contributed by atoms with Crippen LogP contribution in [-0.2, 0) is 4.74 Å². The highest BCUT2D eigenvalue weighted by Crippen LogP contribution is 2.25. The van der Waals surface area contributed by atoms with Crippen LogP contribution < -0.4 is 5.32 Å². The van der Waals surface area contributed by atoms with Crippen molar-refractivity contribution in [2.24, 2.45) is 0 Å². The zero-order chi connectivity index (χ0) is 11.2. The van der Waals surface area contributed by atoms with Crippen molar-refractivity contribution in [1.29, 1.82) is 0 Å². The molecule has 2 nitrogen and oxygen atoms in total. The molecule has 0 saturated carbocycles. The van der Waals surface area contributed by atoms with Crippen LogP contribution in [0.3, 0.4) is 0 Å². The monoisotopic (exact) mass is 219 g/mol. The predicted octanol–water partition coefficient (Wildman–Crippen LogP) is 2.56. The molecule has 2 rings (SSSR count). The van der Waals surface area contributed by atoms with Crippen LogP contribution >= 0.6 is 0 Å². The maximum Gasteiger partial charge on any atom is 0.0545 e. The third-order valence-electron chi connectivity index (χ3n) is 3.41. The highest BCUT2D eigenvalue weighted by Gasteiger charge is 2.24. The van der Waals surface area contributed by atoms with Gasteiger partial charge in [0, 0.05) is 19.1 Å². The van der Waals surface area contributed by atoms with Gasteiger partial charge in [-0.3, -0.25) is 0 Å². The van der Waals surface area contributed by atoms with E-state index < -0.39 is 0 Å². The first-order valence-corrected chi connectivity index (χ1v) is 6.19. The molecule has 2 atom stereocenters. The molecule has 1 N–H and O–H groups in total. The van der Waals surface area contributed by atoms with Gasteiger partial charge in [-0.25, -0.2) is 0 Å². The number of benzene rings is 1. The summed E-state index contributed by atoms with van der Waals surface area (Å²) in [6.45, 7) is 1.96. The van der Waals surface area contributed by atoms with Gasteiger partial charge < -0.3 is 10.1 Å². The molecule has 1 aromatic carbocycles. The van der Waals surface area contributed by atoms with Crippen LogP contribution in [-0.4, -0.2) is 26.3 Å². The summed E-state index contributed by atoms with van der Waals surface area (Å²) >= 11 is 0. The molecule has 0 aromatic heterocycles. The minimum absolute atomic E-state index is 0.492. The molecule has 0 spiro atoms. The fraction of sp³-hybridized carbons (Fsp3) is 0.571. The Hall–Kier alpha value is -0.860. The minimum atomic E-state index is 0.492. The summed E-state index contributed by atoms with van der Waals surface area (Å²) in [5.74, 6) is 0.492. The third-order valence-corrected chi connectivity index (χ3v) is 3.41. The van der Waals surface area contributed by atoms with Crippen molar-refractivity contribution in [2.45, 2.75) is 31.2 Å². The van der Waals surface area contributed by atoms with Crippen LogP contribution in [0.1, 0.15) is 30.7 Å². The van der Waals surface area contributed by atoms with Gasteiger partial charge >= 0.3 is 0 Å². The quantitative estimate of drug-likeness (QED) is 0.840. The molecule has 0 radical (unpaired) electrons. The van der Waals surface area contributed by atoms with Crippen molar-refractivity contribution in [3.63, 3.8) is 0 Å². The van der Waals surface area contributed by atoms with Gasteiger partial charge in [0.25, 0.3) is 0 Å². The Morgan fingerprint density at radius 1 is 1.31 bits per heavy atom. The molecular weight excluding hydrogens is 198 g/mol. The van der Waals surface area contributed by atoms with Crippen LogP contribution in [0.5, 0.6) is 0 Å². The van der Waals surface area contributed by atoms with Crippen molar-refractivity contribution in [3.05, 3.63) is 35.9 Å². The lowest BCUT2D eigenvalue weighted by Crippen LogP contribution is -2.40. The first-order chi connectivity index (χ1) is 7.92. The summed E-state index contributed by atoms with van der Waals surface area (Å²) in [5.41, 5.74) is 1.39. The van der Waals surface area contributed by atoms with Gasteiger partial charge in [0.1, 0.15) is 0 Å². The molecular formula is C14H21NO. The summed E-state index contributed by atoms with van der Waals surface area (Å²) in [6, 6.07) is 11.3. The fourth-order valence-electron chi connectivity index (χ4n) is 2.55. The van der Waals surface area contributed by atoms with Crippen LogP contribution in [0.2, 0.25) is 0 Å². The molecule has 1 aromatic rings. The predicted molar refractivity (Wildman–Crippen MR) is 66.7 cm³/mol. The van der Waals surface area contributed by atoms with Crippen molar-refractivity contribution in [1.82, 2.24) is 5.32 Å². The molecule has 0 unspecified atom stereocenters. The number of piperidine rings is 1. The average molecular weight is 219 g/mol. The second kappa shape index (κ2) is 6.02. The van der Waals surface area contributed by atoms with Gasteiger partial charge in [-0.1, -0.05) is 36.8 Å². The molecule has 0 bridgehead atoms. The number of ether oxygens (including phenoxy) is 1. The first-order valence-electron chi connectivity index (χ1n) is 6.19. The third kappa shape index (κ3) is 2.83. The average Bonchev–Trinajstić information content (AvgIpc) is 2.38. The number of methoxy groups -OCH3 is 1. The number of rotatable bonds is 4. The highest BCUT2D eigenvalue weighted by molar-refractivity contribution is 5.21. The van der Waals surface area contributed by atoms with E-state index in [1.807, 2.05) is 0 Å². The Labute approximate surface area is 98.0 Å². The number of nitrogens with one attached hydrogen (secondary N) is 1. The van der Waals surface area contributed by atoms with Crippen molar-refractivity contribution >= 4 is 0 Å². The zero-order valence-electron chi connectivity index (χ0n) is 9.99. The summed E-state index contributed by atoms with van der Waals surface area (Å²) in [7, 11) is 1.79. The first kappa shape index (κ1) is 11.6. The Morgan fingerprint density at radius 3 is 2.75 bits per heavy atom. The minimum Gasteiger partial charge on any atom is -0.384 e. The van der Waals surface area contributed by atoms with Crippen molar-refractivity contribution in [3.8, 4) is 0 Å². The molecule has 88 valence electrons. The lowest BCUT2D eigenvalue weighted by molar-refractivity contribution is 0.155. The molecule has 0 amide bonds. The van der Waals surface area contributed by atoms with E-state index >= 15 is 0 Å². The van der Waals surface area contributed by atoms with E-state index in [1.54, 1.807) is 7.11 Å². The molecule has 1 saturated heterocycles. The molecule has 2 heteroatoms. The van der Waals surface area contributed by atoms with Gasteiger partial charge in [-0.15, -0.1) is 0 Å². The van der Waals surface area contributed by atoms with Gasteiger partial charge in [-0.2, -0.15) is 0 Å². The second-order valence-electron chi connectivity index (χ2n) is 4.53. The Balaban J connectivity index is 2.09. The zero-order valence-corrected chi connectivity index (χ0v) is 9.99. The van der Waals surface area contributed by atoms with Crippen molar-refractivity contribution in [2.75, 3.05) is 20.3 Å². The summed E-state index contributed by atoms with van der Waals surface area (Å²) in [6.07, 6.45) is 3.92. The van der Waals surface area contributed by atoms with Gasteiger partial charge in [0.2, 0.25) is 0 Å². The highest BCUT2D eigenvalue weighted by atomic mass is 16.5. The molecule has 1 aliphatic rings. The van der Waals surface area contributed by atoms with Gasteiger partial charge in [0.05, 0.1) is 6.61 Å². The second-order valence-corrected chi connectivity index (χ2v) is 4.53. The Morgan fingerprint density at radius 2 is 2.12 bits per heavy atom.